The third kappa shape index (κ3) is 6.31. The fourth-order valence-electron chi connectivity index (χ4n) is 3.80. The number of imidazole rings is 1. The maximum Gasteiger partial charge on any atom is 0.143 e. The van der Waals surface area contributed by atoms with Gasteiger partial charge >= 0.3 is 0 Å². The molecule has 0 spiro atoms. The van der Waals surface area contributed by atoms with E-state index in [4.69, 9.17) is 21.3 Å². The second-order valence-corrected chi connectivity index (χ2v) is 8.34. The molecule has 1 fully saturated rings. The summed E-state index contributed by atoms with van der Waals surface area (Å²) in [6.07, 6.45) is 8.00. The molecule has 5 nitrogen and oxygen atoms in total. The van der Waals surface area contributed by atoms with E-state index in [-0.39, 0.29) is 11.5 Å². The van der Waals surface area contributed by atoms with Crippen LogP contribution >= 0.6 is 11.6 Å². The molecule has 0 amide bonds. The molecule has 0 N–H and O–H groups in total. The van der Waals surface area contributed by atoms with Crippen LogP contribution in [0.2, 0.25) is 0 Å². The minimum absolute atomic E-state index is 0.0703. The van der Waals surface area contributed by atoms with Gasteiger partial charge < -0.3 is 19.1 Å². The highest BCUT2D eigenvalue weighted by Crippen LogP contribution is 2.25. The standard InChI is InChI=1S/C22H33ClN4O/c1-25(2)17-21(23)28-18-20(19-9-5-3-6-10-19)22-24-11-14-27(22)16-15-26-12-7-4-8-13-26/h3,5-6,9-11,14,20-21H,4,7-8,12-13,15-18H2,1-2H3. The lowest BCUT2D eigenvalue weighted by molar-refractivity contribution is 0.0812. The van der Waals surface area contributed by atoms with Crippen molar-refractivity contribution < 1.29 is 4.74 Å². The zero-order chi connectivity index (χ0) is 19.8. The molecule has 0 saturated carbocycles. The monoisotopic (exact) mass is 404 g/mol. The lowest BCUT2D eigenvalue weighted by Gasteiger charge is -2.27. The van der Waals surface area contributed by atoms with Gasteiger partial charge in [-0.3, -0.25) is 0 Å². The van der Waals surface area contributed by atoms with E-state index in [0.717, 1.165) is 18.9 Å². The van der Waals surface area contributed by atoms with Crippen LogP contribution in [0.5, 0.6) is 0 Å². The van der Waals surface area contributed by atoms with Gasteiger partial charge in [0.2, 0.25) is 0 Å². The van der Waals surface area contributed by atoms with Gasteiger partial charge in [-0.15, -0.1) is 0 Å². The minimum atomic E-state index is -0.335. The normalized spacial score (nSPS) is 17.7. The Morgan fingerprint density at radius 1 is 1.11 bits per heavy atom. The van der Waals surface area contributed by atoms with E-state index in [1.807, 2.05) is 31.3 Å². The molecule has 2 heterocycles. The Balaban J connectivity index is 1.70. The summed E-state index contributed by atoms with van der Waals surface area (Å²) < 4.78 is 8.29. The third-order valence-corrected chi connectivity index (χ3v) is 5.58. The van der Waals surface area contributed by atoms with E-state index in [1.54, 1.807) is 0 Å². The number of halogens is 1. The Bertz CT molecular complexity index is 685. The van der Waals surface area contributed by atoms with Crippen LogP contribution in [0.15, 0.2) is 42.7 Å². The topological polar surface area (TPSA) is 33.5 Å². The predicted octanol–water partition coefficient (Wildman–Crippen LogP) is 3.64. The zero-order valence-corrected chi connectivity index (χ0v) is 17.9. The Morgan fingerprint density at radius 2 is 1.86 bits per heavy atom. The van der Waals surface area contributed by atoms with Gasteiger partial charge in [-0.2, -0.15) is 0 Å². The van der Waals surface area contributed by atoms with Crippen LogP contribution in [0.3, 0.4) is 0 Å². The van der Waals surface area contributed by atoms with Crippen molar-refractivity contribution in [3.63, 3.8) is 0 Å². The highest BCUT2D eigenvalue weighted by molar-refractivity contribution is 6.19. The molecule has 0 aliphatic carbocycles. The Hall–Kier alpha value is -1.40. The van der Waals surface area contributed by atoms with Gasteiger partial charge in [-0.25, -0.2) is 4.98 Å². The number of likely N-dealkylation sites (N-methyl/N-ethyl adjacent to an activating group) is 1. The maximum atomic E-state index is 6.37. The first kappa shape index (κ1) is 21.3. The van der Waals surface area contributed by atoms with Gasteiger partial charge in [-0.1, -0.05) is 48.4 Å². The van der Waals surface area contributed by atoms with Crippen molar-refractivity contribution in [1.29, 1.82) is 0 Å². The first-order valence-corrected chi connectivity index (χ1v) is 10.8. The quantitative estimate of drug-likeness (QED) is 0.566. The first-order chi connectivity index (χ1) is 13.6. The number of nitrogens with zero attached hydrogens (tertiary/aromatic N) is 4. The lowest BCUT2D eigenvalue weighted by Crippen LogP contribution is -2.33. The molecular weight excluding hydrogens is 372 g/mol. The average molecular weight is 405 g/mol. The smallest absolute Gasteiger partial charge is 0.143 e. The molecule has 0 bridgehead atoms. The van der Waals surface area contributed by atoms with Crippen molar-refractivity contribution in [3.8, 4) is 0 Å². The number of likely N-dealkylation sites (tertiary alicyclic amines) is 1. The number of rotatable bonds is 10. The van der Waals surface area contributed by atoms with Crippen LogP contribution in [-0.4, -0.2) is 71.8 Å². The van der Waals surface area contributed by atoms with Gasteiger partial charge in [-0.05, 0) is 45.6 Å². The van der Waals surface area contributed by atoms with E-state index in [9.17, 15) is 0 Å². The number of aromatic nitrogens is 2. The molecule has 1 aromatic heterocycles. The number of alkyl halides is 1. The second kappa shape index (κ2) is 11.0. The summed E-state index contributed by atoms with van der Waals surface area (Å²) in [5.74, 6) is 1.12. The zero-order valence-electron chi connectivity index (χ0n) is 17.1. The average Bonchev–Trinajstić information content (AvgIpc) is 3.16. The lowest BCUT2D eigenvalue weighted by atomic mass is 9.99. The van der Waals surface area contributed by atoms with E-state index in [2.05, 4.69) is 39.9 Å². The van der Waals surface area contributed by atoms with Crippen LogP contribution in [0.25, 0.3) is 0 Å². The summed E-state index contributed by atoms with van der Waals surface area (Å²) in [5.41, 5.74) is 0.875. The van der Waals surface area contributed by atoms with Gasteiger partial charge in [0.1, 0.15) is 11.4 Å². The number of piperidine rings is 1. The fourth-order valence-corrected chi connectivity index (χ4v) is 4.15. The van der Waals surface area contributed by atoms with Crippen molar-refractivity contribution in [2.24, 2.45) is 0 Å². The molecule has 1 aliphatic rings. The molecule has 2 aromatic rings. The molecule has 2 unspecified atom stereocenters. The summed E-state index contributed by atoms with van der Waals surface area (Å²) in [6, 6.07) is 10.5. The number of hydrogen-bond acceptors (Lipinski definition) is 4. The fraction of sp³-hybridized carbons (Fsp3) is 0.591. The summed E-state index contributed by atoms with van der Waals surface area (Å²) in [4.78, 5) is 9.31. The number of hydrogen-bond donors (Lipinski definition) is 0. The molecular formula is C22H33ClN4O. The molecule has 154 valence electrons. The van der Waals surface area contributed by atoms with Gasteiger partial charge in [0, 0.05) is 32.0 Å². The predicted molar refractivity (Wildman–Crippen MR) is 115 cm³/mol. The van der Waals surface area contributed by atoms with Crippen LogP contribution in [0, 0.1) is 0 Å². The Kier molecular flexibility index (Phi) is 8.34. The van der Waals surface area contributed by atoms with Crippen molar-refractivity contribution in [2.75, 3.05) is 46.9 Å². The summed E-state index contributed by atoms with van der Waals surface area (Å²) >= 11 is 6.37. The molecule has 1 aromatic carbocycles. The number of ether oxygens (including phenoxy) is 1. The van der Waals surface area contributed by atoms with Crippen LogP contribution in [0.1, 0.15) is 36.6 Å². The number of benzene rings is 1. The highest BCUT2D eigenvalue weighted by atomic mass is 35.5. The van der Waals surface area contributed by atoms with Crippen molar-refractivity contribution >= 4 is 11.6 Å². The Labute approximate surface area is 174 Å². The Morgan fingerprint density at radius 3 is 2.57 bits per heavy atom. The first-order valence-electron chi connectivity index (χ1n) is 10.3. The summed E-state index contributed by atoms with van der Waals surface area (Å²) in [5, 5.41) is 0. The van der Waals surface area contributed by atoms with Crippen LogP contribution in [-0.2, 0) is 11.3 Å². The summed E-state index contributed by atoms with van der Waals surface area (Å²) in [7, 11) is 4.00. The second-order valence-electron chi connectivity index (χ2n) is 7.85. The molecule has 6 heteroatoms. The molecule has 1 saturated heterocycles. The van der Waals surface area contributed by atoms with E-state index < -0.39 is 0 Å². The van der Waals surface area contributed by atoms with E-state index in [1.165, 1.54) is 37.9 Å². The largest absolute Gasteiger partial charge is 0.360 e. The molecule has 1 aliphatic heterocycles. The van der Waals surface area contributed by atoms with Crippen LogP contribution in [0.4, 0.5) is 0 Å². The molecule has 28 heavy (non-hydrogen) atoms. The molecule has 0 radical (unpaired) electrons. The van der Waals surface area contributed by atoms with Crippen molar-refractivity contribution in [2.45, 2.75) is 37.3 Å². The van der Waals surface area contributed by atoms with Gasteiger partial charge in [0.25, 0.3) is 0 Å². The van der Waals surface area contributed by atoms with Crippen molar-refractivity contribution in [1.82, 2.24) is 19.4 Å². The van der Waals surface area contributed by atoms with Crippen LogP contribution < -0.4 is 0 Å². The summed E-state index contributed by atoms with van der Waals surface area (Å²) in [6.45, 7) is 5.67. The molecule has 2 atom stereocenters. The molecule has 3 rings (SSSR count). The van der Waals surface area contributed by atoms with Gasteiger partial charge in [0.05, 0.1) is 12.5 Å². The van der Waals surface area contributed by atoms with E-state index >= 15 is 0 Å². The maximum absolute atomic E-state index is 6.37. The highest BCUT2D eigenvalue weighted by Gasteiger charge is 2.22. The third-order valence-electron chi connectivity index (χ3n) is 5.32. The van der Waals surface area contributed by atoms with E-state index in [0.29, 0.717) is 13.2 Å². The minimum Gasteiger partial charge on any atom is -0.360 e. The van der Waals surface area contributed by atoms with Gasteiger partial charge in [0.15, 0.2) is 0 Å². The SMILES string of the molecule is CN(C)CC(Cl)OCC(c1ccccc1)c1nccn1CCN1CCCCC1. The van der Waals surface area contributed by atoms with Crippen molar-refractivity contribution in [3.05, 3.63) is 54.1 Å².